The number of hydrogen-bond acceptors (Lipinski definition) is 4. The molecule has 1 unspecified atom stereocenters. The minimum absolute atomic E-state index is 0.393. The normalized spacial score (nSPS) is 22.2. The van der Waals surface area contributed by atoms with Crippen molar-refractivity contribution < 1.29 is 4.74 Å². The molecule has 1 atom stereocenters. The molecule has 1 aliphatic rings. The number of thioether (sulfide) groups is 1. The standard InChI is InChI=1S/C11H24N2OS/c1-13(6-3-4-8-15-2)10-11-9-12-5-7-14-11/h11-12H,3-10H2,1-2H3. The number of unbranched alkanes of at least 4 members (excludes halogenated alkanes) is 1. The fourth-order valence-electron chi connectivity index (χ4n) is 1.80. The summed E-state index contributed by atoms with van der Waals surface area (Å²) in [6, 6.07) is 0. The Labute approximate surface area is 97.9 Å². The summed E-state index contributed by atoms with van der Waals surface area (Å²) in [7, 11) is 2.19. The quantitative estimate of drug-likeness (QED) is 0.663. The van der Waals surface area contributed by atoms with Crippen LogP contribution in [-0.2, 0) is 4.74 Å². The Morgan fingerprint density at radius 1 is 1.47 bits per heavy atom. The molecule has 90 valence electrons. The lowest BCUT2D eigenvalue weighted by atomic mass is 10.2. The first-order valence-corrected chi connectivity index (χ1v) is 7.22. The lowest BCUT2D eigenvalue weighted by Crippen LogP contribution is -2.44. The average Bonchev–Trinajstić information content (AvgIpc) is 2.26. The Morgan fingerprint density at radius 2 is 2.33 bits per heavy atom. The zero-order valence-electron chi connectivity index (χ0n) is 10.00. The first kappa shape index (κ1) is 13.3. The van der Waals surface area contributed by atoms with Crippen molar-refractivity contribution in [2.75, 3.05) is 51.8 Å². The molecule has 0 aromatic heterocycles. The molecule has 0 radical (unpaired) electrons. The molecule has 1 rings (SSSR count). The predicted octanol–water partition coefficient (Wildman–Crippen LogP) is 1.05. The highest BCUT2D eigenvalue weighted by molar-refractivity contribution is 7.98. The van der Waals surface area contributed by atoms with Crippen LogP contribution in [0.4, 0.5) is 0 Å². The van der Waals surface area contributed by atoms with E-state index in [1.54, 1.807) is 0 Å². The van der Waals surface area contributed by atoms with Crippen LogP contribution in [0, 0.1) is 0 Å². The number of likely N-dealkylation sites (N-methyl/N-ethyl adjacent to an activating group) is 1. The van der Waals surface area contributed by atoms with Crippen LogP contribution in [-0.4, -0.2) is 62.8 Å². The molecule has 1 fully saturated rings. The summed E-state index contributed by atoms with van der Waals surface area (Å²) in [5.41, 5.74) is 0. The molecule has 0 aliphatic carbocycles. The van der Waals surface area contributed by atoms with Crippen molar-refractivity contribution in [2.24, 2.45) is 0 Å². The summed E-state index contributed by atoms with van der Waals surface area (Å²) >= 11 is 1.94. The highest BCUT2D eigenvalue weighted by Crippen LogP contribution is 2.02. The van der Waals surface area contributed by atoms with E-state index in [1.165, 1.54) is 25.1 Å². The molecule has 1 heterocycles. The summed E-state index contributed by atoms with van der Waals surface area (Å²) in [6.07, 6.45) is 5.20. The fraction of sp³-hybridized carbons (Fsp3) is 1.00. The van der Waals surface area contributed by atoms with Crippen molar-refractivity contribution in [1.82, 2.24) is 10.2 Å². The number of nitrogens with one attached hydrogen (secondary N) is 1. The Kier molecular flexibility index (Phi) is 7.44. The van der Waals surface area contributed by atoms with Gasteiger partial charge in [-0.3, -0.25) is 0 Å². The van der Waals surface area contributed by atoms with Gasteiger partial charge in [-0.1, -0.05) is 0 Å². The number of rotatable bonds is 7. The largest absolute Gasteiger partial charge is 0.374 e. The van der Waals surface area contributed by atoms with Gasteiger partial charge in [0.15, 0.2) is 0 Å². The second kappa shape index (κ2) is 8.39. The molecule has 4 heteroatoms. The van der Waals surface area contributed by atoms with Crippen LogP contribution in [0.5, 0.6) is 0 Å². The summed E-state index contributed by atoms with van der Waals surface area (Å²) in [4.78, 5) is 2.39. The van der Waals surface area contributed by atoms with E-state index < -0.39 is 0 Å². The van der Waals surface area contributed by atoms with Gasteiger partial charge in [-0.05, 0) is 38.4 Å². The fourth-order valence-corrected chi connectivity index (χ4v) is 2.30. The van der Waals surface area contributed by atoms with Crippen LogP contribution >= 0.6 is 11.8 Å². The van der Waals surface area contributed by atoms with Gasteiger partial charge in [-0.15, -0.1) is 0 Å². The van der Waals surface area contributed by atoms with Crippen molar-refractivity contribution in [3.05, 3.63) is 0 Å². The van der Waals surface area contributed by atoms with Crippen LogP contribution in [0.1, 0.15) is 12.8 Å². The van der Waals surface area contributed by atoms with E-state index in [0.717, 1.165) is 26.2 Å². The molecule has 1 saturated heterocycles. The van der Waals surface area contributed by atoms with E-state index in [9.17, 15) is 0 Å². The van der Waals surface area contributed by atoms with Gasteiger partial charge in [-0.25, -0.2) is 0 Å². The van der Waals surface area contributed by atoms with E-state index in [4.69, 9.17) is 4.74 Å². The van der Waals surface area contributed by atoms with Crippen molar-refractivity contribution >= 4 is 11.8 Å². The molecule has 0 aromatic rings. The van der Waals surface area contributed by atoms with E-state index in [1.807, 2.05) is 11.8 Å². The van der Waals surface area contributed by atoms with Crippen LogP contribution in [0.15, 0.2) is 0 Å². The predicted molar refractivity (Wildman–Crippen MR) is 67.7 cm³/mol. The molecule has 1 N–H and O–H groups in total. The molecule has 0 bridgehead atoms. The SMILES string of the molecule is CSCCCCN(C)CC1CNCCO1. The molecule has 0 amide bonds. The Hall–Kier alpha value is 0.230. The van der Waals surface area contributed by atoms with Gasteiger partial charge in [0.25, 0.3) is 0 Å². The van der Waals surface area contributed by atoms with E-state index >= 15 is 0 Å². The van der Waals surface area contributed by atoms with Crippen LogP contribution in [0.2, 0.25) is 0 Å². The molecular formula is C11H24N2OS. The first-order valence-electron chi connectivity index (χ1n) is 5.82. The summed E-state index contributed by atoms with van der Waals surface area (Å²) in [5, 5.41) is 3.36. The van der Waals surface area contributed by atoms with Crippen molar-refractivity contribution in [2.45, 2.75) is 18.9 Å². The lowest BCUT2D eigenvalue weighted by Gasteiger charge is -2.27. The third-order valence-corrected chi connectivity index (χ3v) is 3.35. The zero-order valence-corrected chi connectivity index (χ0v) is 10.8. The maximum absolute atomic E-state index is 5.67. The number of morpholine rings is 1. The Balaban J connectivity index is 1.98. The molecule has 1 aliphatic heterocycles. The molecule has 15 heavy (non-hydrogen) atoms. The number of hydrogen-bond donors (Lipinski definition) is 1. The molecule has 0 saturated carbocycles. The van der Waals surface area contributed by atoms with E-state index in [0.29, 0.717) is 6.10 Å². The molecule has 0 spiro atoms. The van der Waals surface area contributed by atoms with Gasteiger partial charge >= 0.3 is 0 Å². The highest BCUT2D eigenvalue weighted by Gasteiger charge is 2.14. The smallest absolute Gasteiger partial charge is 0.0826 e. The van der Waals surface area contributed by atoms with Gasteiger partial charge in [0.05, 0.1) is 12.7 Å². The summed E-state index contributed by atoms with van der Waals surface area (Å²) < 4.78 is 5.67. The van der Waals surface area contributed by atoms with Crippen LogP contribution in [0.25, 0.3) is 0 Å². The Morgan fingerprint density at radius 3 is 3.00 bits per heavy atom. The van der Waals surface area contributed by atoms with Crippen molar-refractivity contribution in [3.63, 3.8) is 0 Å². The van der Waals surface area contributed by atoms with E-state index in [-0.39, 0.29) is 0 Å². The van der Waals surface area contributed by atoms with Crippen molar-refractivity contribution in [1.29, 1.82) is 0 Å². The van der Waals surface area contributed by atoms with Gasteiger partial charge < -0.3 is 15.0 Å². The first-order chi connectivity index (χ1) is 7.33. The van der Waals surface area contributed by atoms with Gasteiger partial charge in [0.1, 0.15) is 0 Å². The monoisotopic (exact) mass is 232 g/mol. The maximum Gasteiger partial charge on any atom is 0.0826 e. The van der Waals surface area contributed by atoms with Gasteiger partial charge in [-0.2, -0.15) is 11.8 Å². The van der Waals surface area contributed by atoms with Gasteiger partial charge in [0, 0.05) is 19.6 Å². The van der Waals surface area contributed by atoms with Crippen LogP contribution < -0.4 is 5.32 Å². The van der Waals surface area contributed by atoms with Gasteiger partial charge in [0.2, 0.25) is 0 Å². The zero-order chi connectivity index (χ0) is 10.9. The topological polar surface area (TPSA) is 24.5 Å². The van der Waals surface area contributed by atoms with E-state index in [2.05, 4.69) is 23.5 Å². The number of ether oxygens (including phenoxy) is 1. The second-order valence-corrected chi connectivity index (χ2v) is 5.14. The molecular weight excluding hydrogens is 208 g/mol. The van der Waals surface area contributed by atoms with Crippen molar-refractivity contribution in [3.8, 4) is 0 Å². The maximum atomic E-state index is 5.67. The summed E-state index contributed by atoms with van der Waals surface area (Å²) in [5.74, 6) is 1.29. The van der Waals surface area contributed by atoms with Crippen LogP contribution in [0.3, 0.4) is 0 Å². The molecule has 3 nitrogen and oxygen atoms in total. The average molecular weight is 232 g/mol. The Bertz CT molecular complexity index is 152. The second-order valence-electron chi connectivity index (χ2n) is 4.16. The number of nitrogens with zero attached hydrogens (tertiary/aromatic N) is 1. The highest BCUT2D eigenvalue weighted by atomic mass is 32.2. The third-order valence-electron chi connectivity index (χ3n) is 2.66. The summed E-state index contributed by atoms with van der Waals surface area (Å²) in [6.45, 7) is 5.14. The minimum atomic E-state index is 0.393. The molecule has 0 aromatic carbocycles. The lowest BCUT2D eigenvalue weighted by molar-refractivity contribution is 0.00994. The third kappa shape index (κ3) is 6.40. The minimum Gasteiger partial charge on any atom is -0.374 e.